The van der Waals surface area contributed by atoms with Crippen LogP contribution in [-0.4, -0.2) is 23.0 Å². The van der Waals surface area contributed by atoms with Gasteiger partial charge in [0.15, 0.2) is 5.84 Å². The van der Waals surface area contributed by atoms with Crippen LogP contribution in [0.1, 0.15) is 44.1 Å². The number of hydrogen-bond donors (Lipinski definition) is 3. The standard InChI is InChI=1S/C16H23N3O2/c1-2-13(10-11-8-9-11)18-16(20)14(15(17)19-21)12-6-4-3-5-7-12/h3-7,11,13-14,21H,2,8-10H2,1H3,(H2,17,19)(H,18,20). The van der Waals surface area contributed by atoms with E-state index in [1.165, 1.54) is 12.8 Å². The van der Waals surface area contributed by atoms with Crippen molar-refractivity contribution in [3.63, 3.8) is 0 Å². The Morgan fingerprint density at radius 3 is 2.62 bits per heavy atom. The van der Waals surface area contributed by atoms with E-state index in [9.17, 15) is 4.79 Å². The molecule has 5 nitrogen and oxygen atoms in total. The predicted octanol–water partition coefficient (Wildman–Crippen LogP) is 2.21. The smallest absolute Gasteiger partial charge is 0.235 e. The van der Waals surface area contributed by atoms with Crippen LogP contribution in [0.3, 0.4) is 0 Å². The fourth-order valence-corrected chi connectivity index (χ4v) is 2.53. The fraction of sp³-hybridized carbons (Fsp3) is 0.500. The molecule has 0 aromatic heterocycles. The Morgan fingerprint density at radius 1 is 1.43 bits per heavy atom. The summed E-state index contributed by atoms with van der Waals surface area (Å²) in [5, 5.41) is 15.0. The third kappa shape index (κ3) is 4.21. The van der Waals surface area contributed by atoms with Crippen LogP contribution in [0.15, 0.2) is 35.5 Å². The normalized spacial score (nSPS) is 18.0. The van der Waals surface area contributed by atoms with Crippen LogP contribution in [0, 0.1) is 5.92 Å². The van der Waals surface area contributed by atoms with E-state index in [1.54, 1.807) is 0 Å². The monoisotopic (exact) mass is 289 g/mol. The molecule has 2 atom stereocenters. The lowest BCUT2D eigenvalue weighted by atomic mass is 9.96. The highest BCUT2D eigenvalue weighted by atomic mass is 16.4. The number of carbonyl (C=O) groups is 1. The molecule has 1 fully saturated rings. The van der Waals surface area contributed by atoms with Gasteiger partial charge in [-0.1, -0.05) is 55.3 Å². The molecule has 2 unspecified atom stereocenters. The van der Waals surface area contributed by atoms with Gasteiger partial charge < -0.3 is 16.3 Å². The number of rotatable bonds is 7. The van der Waals surface area contributed by atoms with Gasteiger partial charge in [-0.3, -0.25) is 4.79 Å². The Balaban J connectivity index is 2.10. The molecular weight excluding hydrogens is 266 g/mol. The van der Waals surface area contributed by atoms with Crippen LogP contribution >= 0.6 is 0 Å². The molecule has 0 radical (unpaired) electrons. The molecule has 5 heteroatoms. The van der Waals surface area contributed by atoms with Crippen molar-refractivity contribution in [1.29, 1.82) is 0 Å². The van der Waals surface area contributed by atoms with Gasteiger partial charge in [0, 0.05) is 6.04 Å². The summed E-state index contributed by atoms with van der Waals surface area (Å²) in [6.45, 7) is 2.06. The lowest BCUT2D eigenvalue weighted by Crippen LogP contribution is -2.42. The first-order valence-corrected chi connectivity index (χ1v) is 7.48. The van der Waals surface area contributed by atoms with E-state index in [4.69, 9.17) is 10.9 Å². The van der Waals surface area contributed by atoms with Gasteiger partial charge in [-0.15, -0.1) is 0 Å². The molecule has 0 spiro atoms. The van der Waals surface area contributed by atoms with Gasteiger partial charge in [0.1, 0.15) is 5.92 Å². The number of amidine groups is 1. The molecule has 1 aliphatic rings. The zero-order chi connectivity index (χ0) is 15.2. The van der Waals surface area contributed by atoms with Crippen molar-refractivity contribution in [3.8, 4) is 0 Å². The van der Waals surface area contributed by atoms with E-state index in [2.05, 4.69) is 17.4 Å². The summed E-state index contributed by atoms with van der Waals surface area (Å²) in [5.74, 6) is -0.289. The van der Waals surface area contributed by atoms with Crippen LogP contribution < -0.4 is 11.1 Å². The molecule has 0 saturated heterocycles. The van der Waals surface area contributed by atoms with Gasteiger partial charge in [0.2, 0.25) is 5.91 Å². The maximum Gasteiger partial charge on any atom is 0.235 e. The zero-order valence-electron chi connectivity index (χ0n) is 12.3. The number of amides is 1. The van der Waals surface area contributed by atoms with E-state index in [0.717, 1.165) is 24.3 Å². The Hall–Kier alpha value is -2.04. The molecule has 114 valence electrons. The molecule has 1 saturated carbocycles. The van der Waals surface area contributed by atoms with Crippen molar-refractivity contribution >= 4 is 11.7 Å². The van der Waals surface area contributed by atoms with Gasteiger partial charge >= 0.3 is 0 Å². The van der Waals surface area contributed by atoms with Crippen molar-refractivity contribution < 1.29 is 10.0 Å². The number of nitrogens with two attached hydrogens (primary N) is 1. The maximum absolute atomic E-state index is 12.5. The predicted molar refractivity (Wildman–Crippen MR) is 82.2 cm³/mol. The molecule has 0 bridgehead atoms. The first-order valence-electron chi connectivity index (χ1n) is 7.48. The molecule has 1 amide bonds. The molecule has 1 aromatic rings. The molecule has 1 aromatic carbocycles. The number of nitrogens with one attached hydrogen (secondary N) is 1. The summed E-state index contributed by atoms with van der Waals surface area (Å²) in [7, 11) is 0. The lowest BCUT2D eigenvalue weighted by Gasteiger charge is -2.21. The van der Waals surface area contributed by atoms with Crippen LogP contribution in [0.5, 0.6) is 0 Å². The number of carbonyl (C=O) groups excluding carboxylic acids is 1. The van der Waals surface area contributed by atoms with E-state index in [0.29, 0.717) is 0 Å². The quantitative estimate of drug-likeness (QED) is 0.311. The first kappa shape index (κ1) is 15.4. The van der Waals surface area contributed by atoms with E-state index >= 15 is 0 Å². The fourth-order valence-electron chi connectivity index (χ4n) is 2.53. The summed E-state index contributed by atoms with van der Waals surface area (Å²) in [5.41, 5.74) is 6.45. The molecule has 1 aliphatic carbocycles. The molecule has 0 aliphatic heterocycles. The topological polar surface area (TPSA) is 87.7 Å². The van der Waals surface area contributed by atoms with Gasteiger partial charge in [-0.25, -0.2) is 0 Å². The van der Waals surface area contributed by atoms with E-state index in [-0.39, 0.29) is 17.8 Å². The number of oxime groups is 1. The highest BCUT2D eigenvalue weighted by Crippen LogP contribution is 2.34. The van der Waals surface area contributed by atoms with Gasteiger partial charge in [-0.2, -0.15) is 0 Å². The summed E-state index contributed by atoms with van der Waals surface area (Å²) in [6.07, 6.45) is 4.42. The van der Waals surface area contributed by atoms with E-state index < -0.39 is 5.92 Å². The Bertz CT molecular complexity index is 498. The summed E-state index contributed by atoms with van der Waals surface area (Å²) in [4.78, 5) is 12.5. The average molecular weight is 289 g/mol. The summed E-state index contributed by atoms with van der Waals surface area (Å²) in [6, 6.07) is 9.31. The average Bonchev–Trinajstić information content (AvgIpc) is 3.31. The number of nitrogens with zero attached hydrogens (tertiary/aromatic N) is 1. The number of benzene rings is 1. The third-order valence-corrected chi connectivity index (χ3v) is 3.96. The minimum atomic E-state index is -0.746. The second kappa shape index (κ2) is 7.11. The minimum Gasteiger partial charge on any atom is -0.409 e. The second-order valence-electron chi connectivity index (χ2n) is 5.66. The first-order chi connectivity index (χ1) is 10.2. The molecule has 2 rings (SSSR count). The molecule has 21 heavy (non-hydrogen) atoms. The van der Waals surface area contributed by atoms with Crippen molar-refractivity contribution in [2.45, 2.75) is 44.6 Å². The molecular formula is C16H23N3O2. The largest absolute Gasteiger partial charge is 0.409 e. The third-order valence-electron chi connectivity index (χ3n) is 3.96. The lowest BCUT2D eigenvalue weighted by molar-refractivity contribution is -0.122. The maximum atomic E-state index is 12.5. The van der Waals surface area contributed by atoms with E-state index in [1.807, 2.05) is 30.3 Å². The summed E-state index contributed by atoms with van der Waals surface area (Å²) < 4.78 is 0. The molecule has 0 heterocycles. The van der Waals surface area contributed by atoms with Crippen LogP contribution in [0.25, 0.3) is 0 Å². The van der Waals surface area contributed by atoms with Gasteiger partial charge in [0.05, 0.1) is 0 Å². The van der Waals surface area contributed by atoms with Gasteiger partial charge in [0.25, 0.3) is 0 Å². The SMILES string of the molecule is CCC(CC1CC1)NC(=O)C(C(N)=NO)c1ccccc1. The van der Waals surface area contributed by atoms with Crippen LogP contribution in [0.2, 0.25) is 0 Å². The van der Waals surface area contributed by atoms with Crippen molar-refractivity contribution in [1.82, 2.24) is 5.32 Å². The van der Waals surface area contributed by atoms with Crippen molar-refractivity contribution in [2.24, 2.45) is 16.8 Å². The number of hydrogen-bond acceptors (Lipinski definition) is 3. The second-order valence-corrected chi connectivity index (χ2v) is 5.66. The highest BCUT2D eigenvalue weighted by molar-refractivity contribution is 6.07. The van der Waals surface area contributed by atoms with Crippen LogP contribution in [-0.2, 0) is 4.79 Å². The molecule has 4 N–H and O–H groups in total. The van der Waals surface area contributed by atoms with Crippen molar-refractivity contribution in [2.75, 3.05) is 0 Å². The Morgan fingerprint density at radius 2 is 2.10 bits per heavy atom. The van der Waals surface area contributed by atoms with Crippen LogP contribution in [0.4, 0.5) is 0 Å². The van der Waals surface area contributed by atoms with Gasteiger partial charge in [-0.05, 0) is 24.3 Å². The Kier molecular flexibility index (Phi) is 5.20. The minimum absolute atomic E-state index is 0.0834. The Labute approximate surface area is 125 Å². The zero-order valence-corrected chi connectivity index (χ0v) is 12.3. The summed E-state index contributed by atoms with van der Waals surface area (Å²) >= 11 is 0. The highest BCUT2D eigenvalue weighted by Gasteiger charge is 2.29. The van der Waals surface area contributed by atoms with Crippen molar-refractivity contribution in [3.05, 3.63) is 35.9 Å².